The summed E-state index contributed by atoms with van der Waals surface area (Å²) < 4.78 is 27.6. The van der Waals surface area contributed by atoms with Gasteiger partial charge in [-0.1, -0.05) is 84.0 Å². The number of ether oxygens (including phenoxy) is 3. The summed E-state index contributed by atoms with van der Waals surface area (Å²) in [6.45, 7) is 5.06. The van der Waals surface area contributed by atoms with Gasteiger partial charge in [-0.3, -0.25) is 0 Å². The lowest BCUT2D eigenvalue weighted by Crippen LogP contribution is -2.10. The van der Waals surface area contributed by atoms with Crippen LogP contribution in [0.15, 0.2) is 0 Å². The fourth-order valence-corrected chi connectivity index (χ4v) is 2.82. The highest BCUT2D eigenvalue weighted by molar-refractivity contribution is 4.49. The third kappa shape index (κ3) is 23.8. The van der Waals surface area contributed by atoms with Crippen LogP contribution in [0, 0.1) is 0 Å². The van der Waals surface area contributed by atoms with Crippen LogP contribution in [0.1, 0.15) is 90.4 Å². The van der Waals surface area contributed by atoms with Crippen LogP contribution in [0.2, 0.25) is 0 Å². The lowest BCUT2D eigenvalue weighted by Gasteiger charge is -2.06. The van der Waals surface area contributed by atoms with E-state index in [2.05, 4.69) is 6.92 Å². The van der Waals surface area contributed by atoms with Crippen LogP contribution in [0.25, 0.3) is 0 Å². The molecule has 0 aromatic heterocycles. The molecule has 0 unspecified atom stereocenters. The third-order valence-corrected chi connectivity index (χ3v) is 4.36. The van der Waals surface area contributed by atoms with E-state index >= 15 is 0 Å². The molecule has 0 saturated carbocycles. The quantitative estimate of drug-likeness (QED) is 0.218. The van der Waals surface area contributed by atoms with Crippen molar-refractivity contribution in [2.24, 2.45) is 0 Å². The van der Waals surface area contributed by atoms with Crippen molar-refractivity contribution in [1.82, 2.24) is 0 Å². The lowest BCUT2D eigenvalue weighted by atomic mass is 10.0. The van der Waals surface area contributed by atoms with Gasteiger partial charge in [-0.15, -0.1) is 0 Å². The first-order chi connectivity index (χ1) is 12.4. The van der Waals surface area contributed by atoms with Crippen molar-refractivity contribution < 1.29 is 18.6 Å². The van der Waals surface area contributed by atoms with Crippen LogP contribution in [-0.2, 0) is 14.2 Å². The molecular formula is C21H43FO3. The summed E-state index contributed by atoms with van der Waals surface area (Å²) in [5.74, 6) is 0. The maximum Gasteiger partial charge on any atom is 0.113 e. The van der Waals surface area contributed by atoms with Crippen molar-refractivity contribution in [2.75, 3.05) is 46.3 Å². The molecule has 152 valence electrons. The summed E-state index contributed by atoms with van der Waals surface area (Å²) in [7, 11) is 0. The van der Waals surface area contributed by atoms with Crippen LogP contribution in [-0.4, -0.2) is 46.3 Å². The van der Waals surface area contributed by atoms with E-state index in [-0.39, 0.29) is 6.61 Å². The fourth-order valence-electron chi connectivity index (χ4n) is 2.82. The Balaban J connectivity index is 2.94. The predicted molar refractivity (Wildman–Crippen MR) is 104 cm³/mol. The summed E-state index contributed by atoms with van der Waals surface area (Å²) in [6.07, 6.45) is 17.9. The average molecular weight is 363 g/mol. The van der Waals surface area contributed by atoms with Crippen molar-refractivity contribution in [3.8, 4) is 0 Å². The Kier molecular flexibility index (Phi) is 23.6. The van der Waals surface area contributed by atoms with Gasteiger partial charge in [0.25, 0.3) is 0 Å². The Morgan fingerprint density at radius 3 is 1.24 bits per heavy atom. The molecule has 0 atom stereocenters. The number of rotatable bonds is 22. The molecule has 0 saturated heterocycles. The number of halogens is 1. The molecule has 0 amide bonds. The van der Waals surface area contributed by atoms with Crippen LogP contribution in [0.4, 0.5) is 4.39 Å². The van der Waals surface area contributed by atoms with Crippen molar-refractivity contribution in [3.63, 3.8) is 0 Å². The topological polar surface area (TPSA) is 27.7 Å². The maximum atomic E-state index is 11.8. The monoisotopic (exact) mass is 362 g/mol. The van der Waals surface area contributed by atoms with E-state index in [0.29, 0.717) is 26.4 Å². The van der Waals surface area contributed by atoms with Crippen LogP contribution < -0.4 is 0 Å². The normalized spacial score (nSPS) is 11.3. The molecule has 0 fully saturated rings. The van der Waals surface area contributed by atoms with Crippen LogP contribution in [0.5, 0.6) is 0 Å². The smallest absolute Gasteiger partial charge is 0.113 e. The van der Waals surface area contributed by atoms with Gasteiger partial charge in [0.1, 0.15) is 6.67 Å². The van der Waals surface area contributed by atoms with E-state index in [9.17, 15) is 4.39 Å². The number of unbranched alkanes of at least 4 members (excludes halogenated alkanes) is 12. The van der Waals surface area contributed by atoms with Crippen molar-refractivity contribution in [1.29, 1.82) is 0 Å². The molecule has 0 aliphatic rings. The molecule has 0 aliphatic carbocycles. The average Bonchev–Trinajstić information content (AvgIpc) is 2.63. The Morgan fingerprint density at radius 2 is 0.800 bits per heavy atom. The SMILES string of the molecule is CCCCCCCCCCCCCCCOCCOCCOCCF. The standard InChI is InChI=1S/C21H43FO3/c1-2-3-4-5-6-7-8-9-10-11-12-13-14-16-23-18-20-25-21-19-24-17-15-22/h2-21H2,1H3. The Morgan fingerprint density at radius 1 is 0.440 bits per heavy atom. The van der Waals surface area contributed by atoms with E-state index < -0.39 is 6.67 Å². The largest absolute Gasteiger partial charge is 0.379 e. The van der Waals surface area contributed by atoms with E-state index in [1.807, 2.05) is 0 Å². The molecule has 25 heavy (non-hydrogen) atoms. The number of alkyl halides is 1. The molecule has 0 radical (unpaired) electrons. The fraction of sp³-hybridized carbons (Fsp3) is 1.00. The second kappa shape index (κ2) is 23.8. The van der Waals surface area contributed by atoms with Crippen LogP contribution >= 0.6 is 0 Å². The Hall–Kier alpha value is -0.190. The highest BCUT2D eigenvalue weighted by Gasteiger charge is 1.95. The van der Waals surface area contributed by atoms with Crippen molar-refractivity contribution in [3.05, 3.63) is 0 Å². The number of hydrogen-bond donors (Lipinski definition) is 0. The van der Waals surface area contributed by atoms with Crippen molar-refractivity contribution >= 4 is 0 Å². The molecule has 0 N–H and O–H groups in total. The molecule has 0 spiro atoms. The van der Waals surface area contributed by atoms with Gasteiger partial charge in [-0.05, 0) is 6.42 Å². The van der Waals surface area contributed by atoms with Gasteiger partial charge in [0, 0.05) is 6.61 Å². The first kappa shape index (κ1) is 24.8. The second-order valence-corrected chi connectivity index (χ2v) is 6.77. The second-order valence-electron chi connectivity index (χ2n) is 6.77. The third-order valence-electron chi connectivity index (χ3n) is 4.36. The molecule has 0 bridgehead atoms. The molecular weight excluding hydrogens is 319 g/mol. The highest BCUT2D eigenvalue weighted by Crippen LogP contribution is 2.12. The first-order valence-electron chi connectivity index (χ1n) is 10.7. The summed E-state index contributed by atoms with van der Waals surface area (Å²) in [5.41, 5.74) is 0. The molecule has 0 aromatic rings. The maximum absolute atomic E-state index is 11.8. The van der Waals surface area contributed by atoms with Gasteiger partial charge in [-0.25, -0.2) is 4.39 Å². The van der Waals surface area contributed by atoms with Gasteiger partial charge >= 0.3 is 0 Å². The number of hydrogen-bond acceptors (Lipinski definition) is 3. The molecule has 0 heterocycles. The van der Waals surface area contributed by atoms with Gasteiger partial charge in [0.2, 0.25) is 0 Å². The van der Waals surface area contributed by atoms with Gasteiger partial charge in [0.05, 0.1) is 33.0 Å². The first-order valence-corrected chi connectivity index (χ1v) is 10.7. The summed E-state index contributed by atoms with van der Waals surface area (Å²) in [5, 5.41) is 0. The van der Waals surface area contributed by atoms with E-state index in [4.69, 9.17) is 14.2 Å². The predicted octanol–water partition coefficient (Wildman–Crippen LogP) is 6.10. The molecule has 0 aliphatic heterocycles. The zero-order chi connectivity index (χ0) is 18.3. The molecule has 3 nitrogen and oxygen atoms in total. The minimum atomic E-state index is -0.428. The Bertz CT molecular complexity index is 205. The molecule has 0 rings (SSSR count). The molecule has 0 aromatic carbocycles. The van der Waals surface area contributed by atoms with Gasteiger partial charge in [0.15, 0.2) is 0 Å². The minimum absolute atomic E-state index is 0.166. The van der Waals surface area contributed by atoms with Gasteiger partial charge < -0.3 is 14.2 Å². The van der Waals surface area contributed by atoms with E-state index in [1.54, 1.807) is 0 Å². The molecule has 4 heteroatoms. The van der Waals surface area contributed by atoms with E-state index in [0.717, 1.165) is 13.0 Å². The zero-order valence-electron chi connectivity index (χ0n) is 16.7. The zero-order valence-corrected chi connectivity index (χ0v) is 16.7. The summed E-state index contributed by atoms with van der Waals surface area (Å²) in [4.78, 5) is 0. The van der Waals surface area contributed by atoms with E-state index in [1.165, 1.54) is 77.0 Å². The van der Waals surface area contributed by atoms with Gasteiger partial charge in [-0.2, -0.15) is 0 Å². The minimum Gasteiger partial charge on any atom is -0.379 e. The highest BCUT2D eigenvalue weighted by atomic mass is 19.1. The summed E-state index contributed by atoms with van der Waals surface area (Å²) >= 11 is 0. The van der Waals surface area contributed by atoms with Crippen molar-refractivity contribution in [2.45, 2.75) is 90.4 Å². The lowest BCUT2D eigenvalue weighted by molar-refractivity contribution is 0.0117. The Labute approximate surface area is 156 Å². The summed E-state index contributed by atoms with van der Waals surface area (Å²) in [6, 6.07) is 0. The van der Waals surface area contributed by atoms with Crippen LogP contribution in [0.3, 0.4) is 0 Å².